The molecule has 1 fully saturated rings. The number of amides is 1. The molecule has 1 aromatic rings. The Bertz CT molecular complexity index is 437. The van der Waals surface area contributed by atoms with Crippen molar-refractivity contribution in [1.29, 1.82) is 0 Å². The van der Waals surface area contributed by atoms with Crippen LogP contribution in [0.4, 0.5) is 0 Å². The summed E-state index contributed by atoms with van der Waals surface area (Å²) in [6, 6.07) is 1.65. The number of carbonyl (C=O) groups excluding carboxylic acids is 1. The average molecular weight is 267 g/mol. The molecule has 0 aromatic carbocycles. The second kappa shape index (κ2) is 6.19. The highest BCUT2D eigenvalue weighted by molar-refractivity contribution is 5.92. The van der Waals surface area contributed by atoms with Gasteiger partial charge in [0.2, 0.25) is 0 Å². The van der Waals surface area contributed by atoms with Gasteiger partial charge in [-0.3, -0.25) is 9.69 Å². The molecule has 0 bridgehead atoms. The van der Waals surface area contributed by atoms with Crippen LogP contribution in [0.5, 0.6) is 0 Å². The van der Waals surface area contributed by atoms with Crippen molar-refractivity contribution in [2.45, 2.75) is 18.9 Å². The normalized spacial score (nSPS) is 18.4. The second-order valence-corrected chi connectivity index (χ2v) is 4.50. The highest BCUT2D eigenvalue weighted by Crippen LogP contribution is 2.10. The van der Waals surface area contributed by atoms with E-state index < -0.39 is 0 Å². The summed E-state index contributed by atoms with van der Waals surface area (Å²) in [7, 11) is 0. The summed E-state index contributed by atoms with van der Waals surface area (Å²) in [6.45, 7) is 2.03. The van der Waals surface area contributed by atoms with Crippen molar-refractivity contribution in [1.82, 2.24) is 15.4 Å². The minimum atomic E-state index is -0.219. The van der Waals surface area contributed by atoms with Crippen LogP contribution in [-0.2, 0) is 0 Å². The zero-order valence-electron chi connectivity index (χ0n) is 10.5. The topological polar surface area (TPSA) is 117 Å². The van der Waals surface area contributed by atoms with Crippen LogP contribution in [0.1, 0.15) is 23.3 Å². The van der Waals surface area contributed by atoms with Crippen LogP contribution >= 0.6 is 0 Å². The lowest BCUT2D eigenvalue weighted by molar-refractivity contribution is 0.0905. The Morgan fingerprint density at radius 2 is 2.37 bits per heavy atom. The number of aromatic nitrogens is 1. The number of hydrogen-bond donors (Lipinski definition) is 3. The van der Waals surface area contributed by atoms with Crippen LogP contribution in [-0.4, -0.2) is 52.7 Å². The Hall–Kier alpha value is -2.09. The number of likely N-dealkylation sites (tertiary alicyclic amines) is 1. The van der Waals surface area contributed by atoms with Gasteiger partial charge in [0.05, 0.1) is 6.54 Å². The van der Waals surface area contributed by atoms with Crippen LogP contribution in [0.15, 0.2) is 22.0 Å². The molecule has 0 radical (unpaired) electrons. The molecule has 0 atom stereocenters. The molecule has 8 nitrogen and oxygen atoms in total. The molecule has 1 aliphatic rings. The predicted octanol–water partition coefficient (Wildman–Crippen LogP) is -0.385. The second-order valence-electron chi connectivity index (χ2n) is 4.50. The summed E-state index contributed by atoms with van der Waals surface area (Å²) in [5.74, 6) is -0.0197. The van der Waals surface area contributed by atoms with Gasteiger partial charge in [-0.25, -0.2) is 0 Å². The Labute approximate surface area is 110 Å². The van der Waals surface area contributed by atoms with Gasteiger partial charge in [0.1, 0.15) is 6.26 Å². The highest BCUT2D eigenvalue weighted by Gasteiger charge is 2.22. The van der Waals surface area contributed by atoms with Gasteiger partial charge in [-0.2, -0.15) is 0 Å². The Morgan fingerprint density at radius 1 is 1.63 bits per heavy atom. The first kappa shape index (κ1) is 13.3. The maximum Gasteiger partial charge on any atom is 0.273 e. The number of nitrogens with zero attached hydrogens (tertiary/aromatic N) is 3. The lowest BCUT2D eigenvalue weighted by atomic mass is 10.0. The molecule has 0 aliphatic carbocycles. The standard InChI is InChI=1S/C11H17N5O3/c12-10(14-18)7-16-4-1-8(2-5-16)13-11(17)9-3-6-19-15-9/h3,6,8,18H,1-2,4-5,7H2,(H2,12,14)(H,13,17). The molecule has 0 saturated carbocycles. The zero-order chi connectivity index (χ0) is 13.7. The van der Waals surface area contributed by atoms with Gasteiger partial charge in [-0.05, 0) is 12.8 Å². The van der Waals surface area contributed by atoms with Crippen LogP contribution in [0.2, 0.25) is 0 Å². The molecule has 1 aliphatic heterocycles. The molecule has 0 unspecified atom stereocenters. The molecule has 19 heavy (non-hydrogen) atoms. The van der Waals surface area contributed by atoms with E-state index in [0.29, 0.717) is 12.2 Å². The summed E-state index contributed by atoms with van der Waals surface area (Å²) < 4.78 is 4.63. The lowest BCUT2D eigenvalue weighted by Crippen LogP contribution is -2.46. The molecular formula is C11H17N5O3. The first-order chi connectivity index (χ1) is 9.19. The fraction of sp³-hybridized carbons (Fsp3) is 0.545. The van der Waals surface area contributed by atoms with E-state index in [4.69, 9.17) is 10.9 Å². The number of amidine groups is 1. The van der Waals surface area contributed by atoms with Gasteiger partial charge in [0, 0.05) is 25.2 Å². The van der Waals surface area contributed by atoms with Crippen molar-refractivity contribution in [3.8, 4) is 0 Å². The number of carbonyl (C=O) groups is 1. The van der Waals surface area contributed by atoms with Crippen LogP contribution < -0.4 is 11.1 Å². The Balaban J connectivity index is 1.76. The minimum absolute atomic E-state index is 0.118. The number of nitrogens with two attached hydrogens (primary N) is 1. The monoisotopic (exact) mass is 267 g/mol. The predicted molar refractivity (Wildman–Crippen MR) is 66.8 cm³/mol. The molecular weight excluding hydrogens is 250 g/mol. The van der Waals surface area contributed by atoms with E-state index in [9.17, 15) is 4.79 Å². The van der Waals surface area contributed by atoms with E-state index in [-0.39, 0.29) is 17.8 Å². The van der Waals surface area contributed by atoms with E-state index in [0.717, 1.165) is 25.9 Å². The third-order valence-electron chi connectivity index (χ3n) is 3.11. The van der Waals surface area contributed by atoms with Gasteiger partial charge in [-0.15, -0.1) is 0 Å². The van der Waals surface area contributed by atoms with Crippen LogP contribution in [0, 0.1) is 0 Å². The summed E-state index contributed by atoms with van der Waals surface area (Å²) in [4.78, 5) is 13.8. The van der Waals surface area contributed by atoms with E-state index in [2.05, 4.69) is 25.1 Å². The summed E-state index contributed by atoms with van der Waals surface area (Å²) >= 11 is 0. The van der Waals surface area contributed by atoms with Crippen molar-refractivity contribution in [3.63, 3.8) is 0 Å². The summed E-state index contributed by atoms with van der Waals surface area (Å²) in [5, 5.41) is 18.0. The van der Waals surface area contributed by atoms with Gasteiger partial charge >= 0.3 is 0 Å². The fourth-order valence-corrected chi connectivity index (χ4v) is 2.09. The van der Waals surface area contributed by atoms with E-state index in [1.54, 1.807) is 0 Å². The quantitative estimate of drug-likeness (QED) is 0.296. The van der Waals surface area contributed by atoms with Gasteiger partial charge < -0.3 is 20.8 Å². The van der Waals surface area contributed by atoms with Crippen LogP contribution in [0.3, 0.4) is 0 Å². The molecule has 4 N–H and O–H groups in total. The fourth-order valence-electron chi connectivity index (χ4n) is 2.09. The molecule has 1 amide bonds. The van der Waals surface area contributed by atoms with Gasteiger partial charge in [0.25, 0.3) is 5.91 Å². The maximum atomic E-state index is 11.8. The average Bonchev–Trinajstić information content (AvgIpc) is 2.95. The van der Waals surface area contributed by atoms with Crippen molar-refractivity contribution in [3.05, 3.63) is 18.0 Å². The smallest absolute Gasteiger partial charge is 0.273 e. The van der Waals surface area contributed by atoms with Gasteiger partial charge in [0.15, 0.2) is 11.5 Å². The molecule has 0 spiro atoms. The van der Waals surface area contributed by atoms with Crippen molar-refractivity contribution in [2.24, 2.45) is 10.9 Å². The third kappa shape index (κ3) is 3.68. The minimum Gasteiger partial charge on any atom is -0.409 e. The van der Waals surface area contributed by atoms with E-state index >= 15 is 0 Å². The Kier molecular flexibility index (Phi) is 4.35. The summed E-state index contributed by atoms with van der Waals surface area (Å²) in [5.41, 5.74) is 5.74. The van der Waals surface area contributed by atoms with Crippen molar-refractivity contribution < 1.29 is 14.5 Å². The molecule has 1 saturated heterocycles. The first-order valence-corrected chi connectivity index (χ1v) is 6.09. The Morgan fingerprint density at radius 3 is 2.95 bits per heavy atom. The molecule has 2 rings (SSSR count). The third-order valence-corrected chi connectivity index (χ3v) is 3.11. The van der Waals surface area contributed by atoms with E-state index in [1.807, 2.05) is 0 Å². The molecule has 104 valence electrons. The summed E-state index contributed by atoms with van der Waals surface area (Å²) in [6.07, 6.45) is 3.01. The van der Waals surface area contributed by atoms with Crippen molar-refractivity contribution >= 4 is 11.7 Å². The number of piperidine rings is 1. The maximum absolute atomic E-state index is 11.8. The first-order valence-electron chi connectivity index (χ1n) is 6.09. The van der Waals surface area contributed by atoms with Crippen LogP contribution in [0.25, 0.3) is 0 Å². The molecule has 1 aromatic heterocycles. The number of nitrogens with one attached hydrogen (secondary N) is 1. The number of oxime groups is 1. The number of hydrogen-bond acceptors (Lipinski definition) is 6. The lowest BCUT2D eigenvalue weighted by Gasteiger charge is -2.31. The van der Waals surface area contributed by atoms with Crippen molar-refractivity contribution in [2.75, 3.05) is 19.6 Å². The SMILES string of the molecule is NC(CN1CCC(NC(=O)c2ccon2)CC1)=NO. The molecule has 8 heteroatoms. The largest absolute Gasteiger partial charge is 0.409 e. The van der Waals surface area contributed by atoms with Gasteiger partial charge in [-0.1, -0.05) is 10.3 Å². The zero-order valence-corrected chi connectivity index (χ0v) is 10.5. The molecule has 2 heterocycles. The van der Waals surface area contributed by atoms with E-state index in [1.165, 1.54) is 12.3 Å². The number of rotatable bonds is 4. The highest BCUT2D eigenvalue weighted by atomic mass is 16.5.